The van der Waals surface area contributed by atoms with Gasteiger partial charge in [-0.25, -0.2) is 0 Å². The lowest BCUT2D eigenvalue weighted by Crippen LogP contribution is -2.57. The fraction of sp³-hybridized carbons (Fsp3) is 0.588. The smallest absolute Gasteiger partial charge is 0.323 e. The molecule has 0 N–H and O–H groups in total. The van der Waals surface area contributed by atoms with Crippen molar-refractivity contribution in [2.45, 2.75) is 57.2 Å². The highest BCUT2D eigenvalue weighted by Crippen LogP contribution is 2.30. The van der Waals surface area contributed by atoms with Crippen LogP contribution in [0, 0.1) is 0 Å². The van der Waals surface area contributed by atoms with Crippen molar-refractivity contribution in [1.29, 1.82) is 0 Å². The summed E-state index contributed by atoms with van der Waals surface area (Å²) in [4.78, 5) is 14.6. The van der Waals surface area contributed by atoms with E-state index < -0.39 is 0 Å². The Labute approximate surface area is 120 Å². The van der Waals surface area contributed by atoms with Crippen LogP contribution in [0.15, 0.2) is 30.3 Å². The Bertz CT molecular complexity index is 440. The predicted octanol–water partition coefficient (Wildman–Crippen LogP) is 3.14. The van der Waals surface area contributed by atoms with Crippen LogP contribution in [0.2, 0.25) is 0 Å². The Morgan fingerprint density at radius 1 is 1.10 bits per heavy atom. The summed E-state index contributed by atoms with van der Waals surface area (Å²) in [6, 6.07) is 10.5. The molecule has 1 saturated heterocycles. The molecule has 1 heterocycles. The summed E-state index contributed by atoms with van der Waals surface area (Å²) in [7, 11) is 0. The molecule has 1 saturated carbocycles. The number of carbonyl (C=O) groups excluding carboxylic acids is 1. The van der Waals surface area contributed by atoms with Crippen LogP contribution >= 0.6 is 0 Å². The lowest BCUT2D eigenvalue weighted by atomic mass is 9.89. The maximum atomic E-state index is 12.2. The van der Waals surface area contributed by atoms with Gasteiger partial charge in [0.25, 0.3) is 0 Å². The summed E-state index contributed by atoms with van der Waals surface area (Å²) in [6.45, 7) is 1.46. The van der Waals surface area contributed by atoms with Gasteiger partial charge in [0.05, 0.1) is 0 Å². The van der Waals surface area contributed by atoms with Gasteiger partial charge in [-0.05, 0) is 24.8 Å². The number of esters is 1. The van der Waals surface area contributed by atoms with Crippen molar-refractivity contribution in [3.63, 3.8) is 0 Å². The fourth-order valence-electron chi connectivity index (χ4n) is 3.34. The molecule has 1 aliphatic heterocycles. The second kappa shape index (κ2) is 6.40. The molecule has 0 spiro atoms. The van der Waals surface area contributed by atoms with Gasteiger partial charge >= 0.3 is 5.97 Å². The van der Waals surface area contributed by atoms with Gasteiger partial charge in [-0.2, -0.15) is 0 Å². The quantitative estimate of drug-likeness (QED) is 0.789. The van der Waals surface area contributed by atoms with Crippen molar-refractivity contribution >= 4 is 5.97 Å². The minimum Gasteiger partial charge on any atom is -0.460 e. The molecule has 3 heteroatoms. The molecule has 0 radical (unpaired) electrons. The maximum Gasteiger partial charge on any atom is 0.323 e. The van der Waals surface area contributed by atoms with E-state index in [9.17, 15) is 4.79 Å². The highest BCUT2D eigenvalue weighted by Gasteiger charge is 2.39. The molecular formula is C17H23NO2. The molecule has 3 rings (SSSR count). The summed E-state index contributed by atoms with van der Waals surface area (Å²) in [5, 5.41) is 0. The molecule has 20 heavy (non-hydrogen) atoms. The van der Waals surface area contributed by atoms with Gasteiger partial charge in [0.1, 0.15) is 12.6 Å². The van der Waals surface area contributed by atoms with E-state index in [1.54, 1.807) is 0 Å². The molecule has 2 aliphatic rings. The van der Waals surface area contributed by atoms with Gasteiger partial charge in [0.15, 0.2) is 0 Å². The third kappa shape index (κ3) is 3.04. The molecular weight excluding hydrogens is 250 g/mol. The summed E-state index contributed by atoms with van der Waals surface area (Å²) in [6.07, 6.45) is 7.45. The minimum atomic E-state index is -0.0364. The number of carbonyl (C=O) groups is 1. The molecule has 3 nitrogen and oxygen atoms in total. The lowest BCUT2D eigenvalue weighted by molar-refractivity contribution is -0.159. The van der Waals surface area contributed by atoms with E-state index in [1.165, 1.54) is 32.1 Å². The Balaban J connectivity index is 1.49. The van der Waals surface area contributed by atoms with E-state index in [0.29, 0.717) is 12.6 Å². The van der Waals surface area contributed by atoms with E-state index in [2.05, 4.69) is 4.90 Å². The standard InChI is InChI=1S/C17H23NO2/c19-17(20-13-14-7-3-1-4-8-14)16-11-12-18(16)15-9-5-2-6-10-15/h1,3-4,7-8,15-16H,2,5-6,9-13H2. The molecule has 0 amide bonds. The van der Waals surface area contributed by atoms with Crippen molar-refractivity contribution in [3.8, 4) is 0 Å². The van der Waals surface area contributed by atoms with Crippen LogP contribution in [0.5, 0.6) is 0 Å². The normalized spacial score (nSPS) is 24.1. The Hall–Kier alpha value is -1.35. The molecule has 2 fully saturated rings. The lowest BCUT2D eigenvalue weighted by Gasteiger charge is -2.45. The molecule has 0 aromatic heterocycles. The minimum absolute atomic E-state index is 0.0156. The van der Waals surface area contributed by atoms with Gasteiger partial charge < -0.3 is 4.74 Å². The van der Waals surface area contributed by atoms with Crippen molar-refractivity contribution in [3.05, 3.63) is 35.9 Å². The zero-order chi connectivity index (χ0) is 13.8. The molecule has 1 aliphatic carbocycles. The Morgan fingerprint density at radius 2 is 1.85 bits per heavy atom. The Morgan fingerprint density at radius 3 is 2.50 bits per heavy atom. The molecule has 0 bridgehead atoms. The number of hydrogen-bond donors (Lipinski definition) is 0. The van der Waals surface area contributed by atoms with Gasteiger partial charge in [-0.3, -0.25) is 9.69 Å². The summed E-state index contributed by atoms with van der Waals surface area (Å²) < 4.78 is 5.47. The topological polar surface area (TPSA) is 29.5 Å². The molecule has 108 valence electrons. The van der Waals surface area contributed by atoms with E-state index in [1.807, 2.05) is 30.3 Å². The fourth-order valence-corrected chi connectivity index (χ4v) is 3.34. The average Bonchev–Trinajstić information content (AvgIpc) is 2.46. The highest BCUT2D eigenvalue weighted by molar-refractivity contribution is 5.76. The van der Waals surface area contributed by atoms with Crippen molar-refractivity contribution in [2.75, 3.05) is 6.54 Å². The van der Waals surface area contributed by atoms with Crippen LogP contribution in [0.25, 0.3) is 0 Å². The first-order valence-corrected chi connectivity index (χ1v) is 7.81. The zero-order valence-corrected chi connectivity index (χ0v) is 12.0. The van der Waals surface area contributed by atoms with Gasteiger partial charge in [-0.15, -0.1) is 0 Å². The largest absolute Gasteiger partial charge is 0.460 e. The number of rotatable bonds is 4. The van der Waals surface area contributed by atoms with Crippen LogP contribution < -0.4 is 0 Å². The van der Waals surface area contributed by atoms with Crippen LogP contribution in [-0.4, -0.2) is 29.5 Å². The monoisotopic (exact) mass is 273 g/mol. The second-order valence-corrected chi connectivity index (χ2v) is 5.93. The van der Waals surface area contributed by atoms with Crippen LogP contribution in [-0.2, 0) is 16.1 Å². The first kappa shape index (κ1) is 13.6. The molecule has 1 aromatic rings. The first-order chi connectivity index (χ1) is 9.84. The van der Waals surface area contributed by atoms with E-state index in [-0.39, 0.29) is 12.0 Å². The molecule has 1 aromatic carbocycles. The zero-order valence-electron chi connectivity index (χ0n) is 12.0. The summed E-state index contributed by atoms with van der Waals surface area (Å²) >= 11 is 0. The van der Waals surface area contributed by atoms with Crippen molar-refractivity contribution in [2.24, 2.45) is 0 Å². The summed E-state index contributed by atoms with van der Waals surface area (Å²) in [5.41, 5.74) is 1.06. The molecule has 1 unspecified atom stereocenters. The summed E-state index contributed by atoms with van der Waals surface area (Å²) in [5.74, 6) is -0.0364. The third-order valence-corrected chi connectivity index (χ3v) is 4.60. The van der Waals surface area contributed by atoms with Gasteiger partial charge in [0.2, 0.25) is 0 Å². The van der Waals surface area contributed by atoms with Crippen LogP contribution in [0.4, 0.5) is 0 Å². The number of likely N-dealkylation sites (tertiary alicyclic amines) is 1. The van der Waals surface area contributed by atoms with Gasteiger partial charge in [0, 0.05) is 12.6 Å². The average molecular weight is 273 g/mol. The number of nitrogens with zero attached hydrogens (tertiary/aromatic N) is 1. The SMILES string of the molecule is O=C(OCc1ccccc1)C1CCN1C1CCCCC1. The van der Waals surface area contributed by atoms with Crippen molar-refractivity contribution < 1.29 is 9.53 Å². The maximum absolute atomic E-state index is 12.2. The number of ether oxygens (including phenoxy) is 1. The third-order valence-electron chi connectivity index (χ3n) is 4.60. The van der Waals surface area contributed by atoms with E-state index >= 15 is 0 Å². The van der Waals surface area contributed by atoms with Crippen LogP contribution in [0.1, 0.15) is 44.1 Å². The van der Waals surface area contributed by atoms with Gasteiger partial charge in [-0.1, -0.05) is 49.6 Å². The first-order valence-electron chi connectivity index (χ1n) is 7.81. The van der Waals surface area contributed by atoms with E-state index in [0.717, 1.165) is 18.5 Å². The van der Waals surface area contributed by atoms with E-state index in [4.69, 9.17) is 4.74 Å². The predicted molar refractivity (Wildman–Crippen MR) is 78.2 cm³/mol. The Kier molecular flexibility index (Phi) is 4.36. The molecule has 1 atom stereocenters. The highest BCUT2D eigenvalue weighted by atomic mass is 16.5. The number of benzene rings is 1. The number of hydrogen-bond acceptors (Lipinski definition) is 3. The second-order valence-electron chi connectivity index (χ2n) is 5.93. The van der Waals surface area contributed by atoms with Crippen LogP contribution in [0.3, 0.4) is 0 Å². The van der Waals surface area contributed by atoms with Crippen molar-refractivity contribution in [1.82, 2.24) is 4.90 Å².